The van der Waals surface area contributed by atoms with E-state index in [0.29, 0.717) is 0 Å². The zero-order chi connectivity index (χ0) is 14.1. The van der Waals surface area contributed by atoms with Crippen molar-refractivity contribution >= 4 is 22.3 Å². The maximum atomic E-state index is 4.68. The second kappa shape index (κ2) is 5.53. The van der Waals surface area contributed by atoms with Crippen molar-refractivity contribution in [2.45, 2.75) is 12.8 Å². The lowest BCUT2D eigenvalue weighted by Gasteiger charge is -2.29. The number of rotatable bonds is 2. The number of fused-ring (bicyclic) bond motifs is 1. The second-order valence-corrected chi connectivity index (χ2v) is 5.97. The summed E-state index contributed by atoms with van der Waals surface area (Å²) < 4.78 is 0. The predicted octanol–water partition coefficient (Wildman–Crippen LogP) is 2.24. The van der Waals surface area contributed by atoms with E-state index in [1.165, 1.54) is 42.4 Å². The summed E-state index contributed by atoms with van der Waals surface area (Å²) in [5.74, 6) is 1.15. The Balaban J connectivity index is 1.76. The number of piperazine rings is 1. The molecule has 4 nitrogen and oxygen atoms in total. The Labute approximate surface area is 125 Å². The van der Waals surface area contributed by atoms with Crippen LogP contribution in [0.1, 0.15) is 12.8 Å². The molecule has 0 unspecified atom stereocenters. The van der Waals surface area contributed by atoms with E-state index in [1.54, 1.807) is 0 Å². The average Bonchev–Trinajstić information content (AvgIpc) is 3.09. The maximum Gasteiger partial charge on any atom is 0.136 e. The Morgan fingerprint density at radius 1 is 0.905 bits per heavy atom. The average molecular weight is 282 g/mol. The molecular formula is C17H22N4. The molecule has 0 amide bonds. The van der Waals surface area contributed by atoms with Gasteiger partial charge in [-0.15, -0.1) is 0 Å². The van der Waals surface area contributed by atoms with Crippen molar-refractivity contribution in [2.24, 2.45) is 0 Å². The molecule has 1 aromatic carbocycles. The standard InChI is InChI=1S/C17H22N4/c1-2-10-20(9-1)15-4-3-14-5-6-19-17(16(14)13-15)21-11-7-18-8-12-21/h3-6,13,18H,1-2,7-12H2. The summed E-state index contributed by atoms with van der Waals surface area (Å²) in [6, 6.07) is 8.96. The molecule has 1 N–H and O–H groups in total. The molecule has 0 radical (unpaired) electrons. The van der Waals surface area contributed by atoms with Gasteiger partial charge in [0.15, 0.2) is 0 Å². The van der Waals surface area contributed by atoms with E-state index in [0.717, 1.165) is 32.0 Å². The molecule has 21 heavy (non-hydrogen) atoms. The quantitative estimate of drug-likeness (QED) is 0.915. The number of hydrogen-bond donors (Lipinski definition) is 1. The van der Waals surface area contributed by atoms with Crippen LogP contribution in [0.3, 0.4) is 0 Å². The van der Waals surface area contributed by atoms with Crippen LogP contribution in [0.15, 0.2) is 30.5 Å². The van der Waals surface area contributed by atoms with Crippen LogP contribution in [0, 0.1) is 0 Å². The Morgan fingerprint density at radius 2 is 1.71 bits per heavy atom. The Bertz CT molecular complexity index is 628. The van der Waals surface area contributed by atoms with Crippen LogP contribution in [-0.4, -0.2) is 44.3 Å². The monoisotopic (exact) mass is 282 g/mol. The van der Waals surface area contributed by atoms with Crippen LogP contribution in [0.2, 0.25) is 0 Å². The van der Waals surface area contributed by atoms with Crippen molar-refractivity contribution in [3.05, 3.63) is 30.5 Å². The topological polar surface area (TPSA) is 31.4 Å². The number of nitrogens with one attached hydrogen (secondary N) is 1. The van der Waals surface area contributed by atoms with Crippen molar-refractivity contribution < 1.29 is 0 Å². The zero-order valence-corrected chi connectivity index (χ0v) is 12.4. The van der Waals surface area contributed by atoms with Gasteiger partial charge in [-0.1, -0.05) is 6.07 Å². The van der Waals surface area contributed by atoms with E-state index in [2.05, 4.69) is 44.4 Å². The first-order chi connectivity index (χ1) is 10.4. The van der Waals surface area contributed by atoms with Gasteiger partial charge in [-0.25, -0.2) is 4.98 Å². The zero-order valence-electron chi connectivity index (χ0n) is 12.4. The van der Waals surface area contributed by atoms with Gasteiger partial charge in [0.2, 0.25) is 0 Å². The summed E-state index contributed by atoms with van der Waals surface area (Å²) in [7, 11) is 0. The summed E-state index contributed by atoms with van der Waals surface area (Å²) in [6.45, 7) is 6.55. The number of pyridine rings is 1. The van der Waals surface area contributed by atoms with Gasteiger partial charge < -0.3 is 15.1 Å². The minimum absolute atomic E-state index is 1.04. The fourth-order valence-electron chi connectivity index (χ4n) is 3.44. The van der Waals surface area contributed by atoms with Gasteiger partial charge in [0, 0.05) is 56.5 Å². The van der Waals surface area contributed by atoms with E-state index in [-0.39, 0.29) is 0 Å². The molecule has 0 saturated carbocycles. The van der Waals surface area contributed by atoms with Crippen LogP contribution in [0.25, 0.3) is 10.8 Å². The van der Waals surface area contributed by atoms with E-state index >= 15 is 0 Å². The SMILES string of the molecule is c1cc2ccc(N3CCCC3)cc2c(N2CCNCC2)n1. The lowest BCUT2D eigenvalue weighted by molar-refractivity contribution is 0.586. The largest absolute Gasteiger partial charge is 0.372 e. The molecule has 4 rings (SSSR count). The number of aromatic nitrogens is 1. The molecule has 2 aliphatic rings. The van der Waals surface area contributed by atoms with E-state index in [1.807, 2.05) is 6.20 Å². The van der Waals surface area contributed by atoms with Crippen LogP contribution < -0.4 is 15.1 Å². The van der Waals surface area contributed by atoms with Crippen molar-refractivity contribution in [2.75, 3.05) is 49.1 Å². The molecule has 2 fully saturated rings. The summed E-state index contributed by atoms with van der Waals surface area (Å²) in [5, 5.41) is 6.00. The first-order valence-electron chi connectivity index (χ1n) is 8.01. The van der Waals surface area contributed by atoms with Crippen LogP contribution in [0.4, 0.5) is 11.5 Å². The molecular weight excluding hydrogens is 260 g/mol. The second-order valence-electron chi connectivity index (χ2n) is 5.97. The highest BCUT2D eigenvalue weighted by atomic mass is 15.2. The first-order valence-corrected chi connectivity index (χ1v) is 8.01. The molecule has 1 aromatic heterocycles. The molecule has 2 saturated heterocycles. The minimum Gasteiger partial charge on any atom is -0.372 e. The number of hydrogen-bond acceptors (Lipinski definition) is 4. The van der Waals surface area contributed by atoms with Crippen molar-refractivity contribution in [3.63, 3.8) is 0 Å². The van der Waals surface area contributed by atoms with Gasteiger partial charge in [-0.3, -0.25) is 0 Å². The summed E-state index contributed by atoms with van der Waals surface area (Å²) >= 11 is 0. The van der Waals surface area contributed by atoms with Crippen molar-refractivity contribution in [3.8, 4) is 0 Å². The highest BCUT2D eigenvalue weighted by Crippen LogP contribution is 2.30. The van der Waals surface area contributed by atoms with Gasteiger partial charge in [0.05, 0.1) is 0 Å². The molecule has 2 aromatic rings. The van der Waals surface area contributed by atoms with Crippen LogP contribution in [-0.2, 0) is 0 Å². The smallest absolute Gasteiger partial charge is 0.136 e. The summed E-state index contributed by atoms with van der Waals surface area (Å²) in [5.41, 5.74) is 1.35. The molecule has 0 spiro atoms. The van der Waals surface area contributed by atoms with E-state index in [9.17, 15) is 0 Å². The Morgan fingerprint density at radius 3 is 2.52 bits per heavy atom. The number of nitrogens with zero attached hydrogens (tertiary/aromatic N) is 3. The molecule has 110 valence electrons. The van der Waals surface area contributed by atoms with E-state index < -0.39 is 0 Å². The van der Waals surface area contributed by atoms with Gasteiger partial charge in [-0.2, -0.15) is 0 Å². The minimum atomic E-state index is 1.04. The third kappa shape index (κ3) is 2.44. The summed E-state index contributed by atoms with van der Waals surface area (Å²) in [6.07, 6.45) is 4.57. The van der Waals surface area contributed by atoms with Crippen molar-refractivity contribution in [1.29, 1.82) is 0 Å². The third-order valence-electron chi connectivity index (χ3n) is 4.62. The normalized spacial score (nSPS) is 19.4. The molecule has 0 bridgehead atoms. The molecule has 0 atom stereocenters. The fraction of sp³-hybridized carbons (Fsp3) is 0.471. The molecule has 0 aliphatic carbocycles. The molecule has 4 heteroatoms. The fourth-order valence-corrected chi connectivity index (χ4v) is 3.44. The first kappa shape index (κ1) is 12.9. The number of benzene rings is 1. The van der Waals surface area contributed by atoms with Crippen LogP contribution >= 0.6 is 0 Å². The Hall–Kier alpha value is -1.81. The van der Waals surface area contributed by atoms with E-state index in [4.69, 9.17) is 0 Å². The lowest BCUT2D eigenvalue weighted by atomic mass is 10.1. The number of anilines is 2. The highest BCUT2D eigenvalue weighted by molar-refractivity contribution is 5.94. The van der Waals surface area contributed by atoms with Crippen molar-refractivity contribution in [1.82, 2.24) is 10.3 Å². The lowest BCUT2D eigenvalue weighted by Crippen LogP contribution is -2.43. The van der Waals surface area contributed by atoms with Gasteiger partial charge in [0.25, 0.3) is 0 Å². The van der Waals surface area contributed by atoms with Gasteiger partial charge >= 0.3 is 0 Å². The third-order valence-corrected chi connectivity index (χ3v) is 4.62. The van der Waals surface area contributed by atoms with Gasteiger partial charge in [-0.05, 0) is 36.4 Å². The van der Waals surface area contributed by atoms with Crippen LogP contribution in [0.5, 0.6) is 0 Å². The molecule has 3 heterocycles. The Kier molecular flexibility index (Phi) is 3.39. The van der Waals surface area contributed by atoms with Gasteiger partial charge in [0.1, 0.15) is 5.82 Å². The maximum absolute atomic E-state index is 4.68. The predicted molar refractivity (Wildman–Crippen MR) is 88.3 cm³/mol. The highest BCUT2D eigenvalue weighted by Gasteiger charge is 2.17. The molecule has 2 aliphatic heterocycles. The summed E-state index contributed by atoms with van der Waals surface area (Å²) in [4.78, 5) is 9.58.